The molecule has 0 bridgehead atoms. The predicted octanol–water partition coefficient (Wildman–Crippen LogP) is 2.54. The minimum atomic E-state index is 0.783. The van der Waals surface area contributed by atoms with Gasteiger partial charge in [0.1, 0.15) is 5.75 Å². The summed E-state index contributed by atoms with van der Waals surface area (Å²) in [6, 6.07) is 8.09. The van der Waals surface area contributed by atoms with Crippen LogP contribution in [-0.2, 0) is 0 Å². The molecule has 0 saturated carbocycles. The molecule has 0 amide bonds. The van der Waals surface area contributed by atoms with Crippen molar-refractivity contribution in [2.75, 3.05) is 25.6 Å². The average molecular weight is 179 g/mol. The third kappa shape index (κ3) is 2.65. The molecule has 0 saturated heterocycles. The lowest BCUT2D eigenvalue weighted by molar-refractivity contribution is 0.318. The van der Waals surface area contributed by atoms with Gasteiger partial charge in [-0.25, -0.2) is 0 Å². The van der Waals surface area contributed by atoms with Crippen LogP contribution in [0.25, 0.3) is 0 Å². The van der Waals surface area contributed by atoms with Gasteiger partial charge in [0.15, 0.2) is 0 Å². The summed E-state index contributed by atoms with van der Waals surface area (Å²) in [5.41, 5.74) is 1.14. The summed E-state index contributed by atoms with van der Waals surface area (Å²) in [6.45, 7) is 2.89. The molecule has 72 valence electrons. The molecule has 1 rings (SSSR count). The highest BCUT2D eigenvalue weighted by atomic mass is 16.5. The molecule has 0 unspecified atom stereocenters. The van der Waals surface area contributed by atoms with E-state index in [9.17, 15) is 0 Å². The van der Waals surface area contributed by atoms with E-state index in [1.807, 2.05) is 32.3 Å². The van der Waals surface area contributed by atoms with Gasteiger partial charge in [0, 0.05) is 14.1 Å². The Bertz CT molecular complexity index is 258. The Kier molecular flexibility index (Phi) is 3.62. The van der Waals surface area contributed by atoms with Crippen LogP contribution in [0.3, 0.4) is 0 Å². The van der Waals surface area contributed by atoms with Crippen LogP contribution in [0.5, 0.6) is 5.75 Å². The Morgan fingerprint density at radius 2 is 1.92 bits per heavy atom. The fourth-order valence-corrected chi connectivity index (χ4v) is 1.16. The van der Waals surface area contributed by atoms with E-state index < -0.39 is 0 Å². The number of nitrogens with zero attached hydrogens (tertiary/aromatic N) is 1. The molecule has 0 radical (unpaired) electrons. The Labute approximate surface area is 80.1 Å². The number of ether oxygens (including phenoxy) is 1. The zero-order chi connectivity index (χ0) is 9.68. The van der Waals surface area contributed by atoms with Crippen molar-refractivity contribution in [2.45, 2.75) is 13.3 Å². The molecular weight excluding hydrogens is 162 g/mol. The first-order valence-electron chi connectivity index (χ1n) is 4.65. The molecule has 1 aromatic carbocycles. The maximum atomic E-state index is 5.61. The fraction of sp³-hybridized carbons (Fsp3) is 0.455. The lowest BCUT2D eigenvalue weighted by atomic mass is 10.3. The highest BCUT2D eigenvalue weighted by Crippen LogP contribution is 2.25. The smallest absolute Gasteiger partial charge is 0.142 e. The standard InChI is InChI=1S/C11H17NO/c1-4-9-13-11-8-6-5-7-10(11)12(2)3/h5-8H,4,9H2,1-3H3. The van der Waals surface area contributed by atoms with Gasteiger partial charge in [-0.05, 0) is 18.6 Å². The molecule has 0 fully saturated rings. The molecule has 13 heavy (non-hydrogen) atoms. The average Bonchev–Trinajstić information content (AvgIpc) is 2.15. The monoisotopic (exact) mass is 179 g/mol. The van der Waals surface area contributed by atoms with Crippen LogP contribution >= 0.6 is 0 Å². The van der Waals surface area contributed by atoms with Gasteiger partial charge >= 0.3 is 0 Å². The van der Waals surface area contributed by atoms with Gasteiger partial charge in [-0.15, -0.1) is 0 Å². The first-order valence-corrected chi connectivity index (χ1v) is 4.65. The van der Waals surface area contributed by atoms with Crippen molar-refractivity contribution in [1.29, 1.82) is 0 Å². The fourth-order valence-electron chi connectivity index (χ4n) is 1.16. The second kappa shape index (κ2) is 4.75. The van der Waals surface area contributed by atoms with Crippen molar-refractivity contribution in [3.63, 3.8) is 0 Å². The van der Waals surface area contributed by atoms with Crippen molar-refractivity contribution < 1.29 is 4.74 Å². The van der Waals surface area contributed by atoms with Gasteiger partial charge < -0.3 is 9.64 Å². The van der Waals surface area contributed by atoms with E-state index in [1.54, 1.807) is 0 Å². The van der Waals surface area contributed by atoms with Crippen LogP contribution in [0.1, 0.15) is 13.3 Å². The predicted molar refractivity (Wildman–Crippen MR) is 56.6 cm³/mol. The Morgan fingerprint density at radius 1 is 1.23 bits per heavy atom. The van der Waals surface area contributed by atoms with Crippen LogP contribution in [0.2, 0.25) is 0 Å². The van der Waals surface area contributed by atoms with Crippen molar-refractivity contribution in [3.05, 3.63) is 24.3 Å². The van der Waals surface area contributed by atoms with Crippen LogP contribution < -0.4 is 9.64 Å². The Balaban J connectivity index is 2.78. The SMILES string of the molecule is CCCOc1ccccc1N(C)C. The van der Waals surface area contributed by atoms with E-state index in [0.717, 1.165) is 24.5 Å². The molecule has 2 heteroatoms. The number of hydrogen-bond donors (Lipinski definition) is 0. The van der Waals surface area contributed by atoms with E-state index in [4.69, 9.17) is 4.74 Å². The summed E-state index contributed by atoms with van der Waals surface area (Å²) >= 11 is 0. The number of rotatable bonds is 4. The zero-order valence-corrected chi connectivity index (χ0v) is 8.58. The summed E-state index contributed by atoms with van der Waals surface area (Å²) in [4.78, 5) is 2.06. The first kappa shape index (κ1) is 9.90. The van der Waals surface area contributed by atoms with Crippen molar-refractivity contribution in [3.8, 4) is 5.75 Å². The quantitative estimate of drug-likeness (QED) is 0.704. The van der Waals surface area contributed by atoms with Crippen molar-refractivity contribution in [1.82, 2.24) is 0 Å². The Hall–Kier alpha value is -1.18. The second-order valence-corrected chi connectivity index (χ2v) is 3.21. The van der Waals surface area contributed by atoms with Crippen LogP contribution in [-0.4, -0.2) is 20.7 Å². The molecule has 0 spiro atoms. The lowest BCUT2D eigenvalue weighted by Gasteiger charge is -2.17. The van der Waals surface area contributed by atoms with Gasteiger partial charge in [-0.3, -0.25) is 0 Å². The molecule has 0 aliphatic heterocycles. The maximum Gasteiger partial charge on any atom is 0.142 e. The molecule has 0 aromatic heterocycles. The third-order valence-corrected chi connectivity index (χ3v) is 1.81. The summed E-state index contributed by atoms with van der Waals surface area (Å²) < 4.78 is 5.61. The van der Waals surface area contributed by atoms with E-state index in [2.05, 4.69) is 17.9 Å². The topological polar surface area (TPSA) is 12.5 Å². The van der Waals surface area contributed by atoms with E-state index >= 15 is 0 Å². The molecule has 0 aliphatic rings. The van der Waals surface area contributed by atoms with E-state index in [-0.39, 0.29) is 0 Å². The van der Waals surface area contributed by atoms with Gasteiger partial charge in [0.05, 0.1) is 12.3 Å². The largest absolute Gasteiger partial charge is 0.491 e. The number of hydrogen-bond acceptors (Lipinski definition) is 2. The van der Waals surface area contributed by atoms with Crippen LogP contribution in [0.15, 0.2) is 24.3 Å². The highest BCUT2D eigenvalue weighted by Gasteiger charge is 2.02. The molecule has 2 nitrogen and oxygen atoms in total. The van der Waals surface area contributed by atoms with Crippen LogP contribution in [0, 0.1) is 0 Å². The number of anilines is 1. The molecule has 0 atom stereocenters. The maximum absolute atomic E-state index is 5.61. The minimum Gasteiger partial charge on any atom is -0.491 e. The lowest BCUT2D eigenvalue weighted by Crippen LogP contribution is -2.10. The first-order chi connectivity index (χ1) is 6.25. The molecule has 0 heterocycles. The molecule has 1 aromatic rings. The number of para-hydroxylation sites is 2. The minimum absolute atomic E-state index is 0.783. The number of benzene rings is 1. The van der Waals surface area contributed by atoms with Gasteiger partial charge in [0.25, 0.3) is 0 Å². The summed E-state index contributed by atoms with van der Waals surface area (Å²) in [6.07, 6.45) is 1.04. The van der Waals surface area contributed by atoms with Gasteiger partial charge in [-0.2, -0.15) is 0 Å². The zero-order valence-electron chi connectivity index (χ0n) is 8.58. The van der Waals surface area contributed by atoms with E-state index in [1.165, 1.54) is 0 Å². The normalized spacial score (nSPS) is 9.77. The Morgan fingerprint density at radius 3 is 2.54 bits per heavy atom. The third-order valence-electron chi connectivity index (χ3n) is 1.81. The van der Waals surface area contributed by atoms with Gasteiger partial charge in [0.2, 0.25) is 0 Å². The summed E-state index contributed by atoms with van der Waals surface area (Å²) in [7, 11) is 4.04. The summed E-state index contributed by atoms with van der Waals surface area (Å²) in [5, 5.41) is 0. The van der Waals surface area contributed by atoms with Crippen molar-refractivity contribution >= 4 is 5.69 Å². The molecule has 0 N–H and O–H groups in total. The van der Waals surface area contributed by atoms with Crippen molar-refractivity contribution in [2.24, 2.45) is 0 Å². The molecular formula is C11H17NO. The van der Waals surface area contributed by atoms with Gasteiger partial charge in [-0.1, -0.05) is 19.1 Å². The highest BCUT2D eigenvalue weighted by molar-refractivity contribution is 5.57. The van der Waals surface area contributed by atoms with Crippen LogP contribution in [0.4, 0.5) is 5.69 Å². The summed E-state index contributed by atoms with van der Waals surface area (Å²) in [5.74, 6) is 0.967. The molecule has 0 aliphatic carbocycles. The van der Waals surface area contributed by atoms with E-state index in [0.29, 0.717) is 0 Å². The second-order valence-electron chi connectivity index (χ2n) is 3.21.